The van der Waals surface area contributed by atoms with Gasteiger partial charge in [0, 0.05) is 28.6 Å². The van der Waals surface area contributed by atoms with Gasteiger partial charge in [-0.1, -0.05) is 30.3 Å². The lowest BCUT2D eigenvalue weighted by molar-refractivity contribution is -0.114. The van der Waals surface area contributed by atoms with Crippen molar-refractivity contribution in [3.8, 4) is 11.1 Å². The molecule has 2 aromatic carbocycles. The fraction of sp³-hybridized carbons (Fsp3) is 0.130. The molecule has 150 valence electrons. The van der Waals surface area contributed by atoms with Crippen molar-refractivity contribution in [2.75, 3.05) is 5.32 Å². The lowest BCUT2D eigenvalue weighted by atomic mass is 10.0. The summed E-state index contributed by atoms with van der Waals surface area (Å²) < 4.78 is 1.35. The molecule has 0 unspecified atom stereocenters. The van der Waals surface area contributed by atoms with Crippen molar-refractivity contribution in [1.29, 1.82) is 0 Å². The van der Waals surface area contributed by atoms with E-state index in [9.17, 15) is 14.4 Å². The van der Waals surface area contributed by atoms with Crippen LogP contribution in [0.2, 0.25) is 0 Å². The Kier molecular flexibility index (Phi) is 5.29. The number of rotatable bonds is 5. The van der Waals surface area contributed by atoms with Gasteiger partial charge in [0.25, 0.3) is 5.56 Å². The van der Waals surface area contributed by atoms with Crippen LogP contribution >= 0.6 is 11.3 Å². The SMILES string of the molecule is CC(=O)Nc1ccc(C(=O)Cn2cnc3sc(C)c(-c4ccccc4)c3c2=O)cc1. The number of amides is 1. The minimum Gasteiger partial charge on any atom is -0.326 e. The van der Waals surface area contributed by atoms with Crippen LogP contribution in [0.3, 0.4) is 0 Å². The van der Waals surface area contributed by atoms with Crippen LogP contribution in [0, 0.1) is 6.92 Å². The lowest BCUT2D eigenvalue weighted by Crippen LogP contribution is -2.24. The number of ketones is 1. The molecule has 30 heavy (non-hydrogen) atoms. The van der Waals surface area contributed by atoms with Crippen LogP contribution in [0.1, 0.15) is 22.2 Å². The zero-order valence-corrected chi connectivity index (χ0v) is 17.3. The van der Waals surface area contributed by atoms with Crippen molar-refractivity contribution in [2.24, 2.45) is 0 Å². The number of thiophene rings is 1. The summed E-state index contributed by atoms with van der Waals surface area (Å²) in [5, 5.41) is 3.20. The van der Waals surface area contributed by atoms with Crippen molar-refractivity contribution in [2.45, 2.75) is 20.4 Å². The second-order valence-electron chi connectivity index (χ2n) is 6.94. The molecule has 0 spiro atoms. The molecule has 4 rings (SSSR count). The highest BCUT2D eigenvalue weighted by Crippen LogP contribution is 2.35. The average Bonchev–Trinajstić information content (AvgIpc) is 3.07. The number of carbonyl (C=O) groups excluding carboxylic acids is 2. The largest absolute Gasteiger partial charge is 0.326 e. The molecule has 0 fully saturated rings. The predicted molar refractivity (Wildman–Crippen MR) is 119 cm³/mol. The van der Waals surface area contributed by atoms with Crippen molar-refractivity contribution in [3.05, 3.63) is 81.7 Å². The van der Waals surface area contributed by atoms with E-state index in [1.807, 2.05) is 37.3 Å². The van der Waals surface area contributed by atoms with E-state index in [-0.39, 0.29) is 23.8 Å². The van der Waals surface area contributed by atoms with Gasteiger partial charge < -0.3 is 5.32 Å². The molecule has 7 heteroatoms. The first-order valence-corrected chi connectivity index (χ1v) is 10.2. The Morgan fingerprint density at radius 1 is 1.07 bits per heavy atom. The first-order chi connectivity index (χ1) is 14.4. The van der Waals surface area contributed by atoms with E-state index in [1.54, 1.807) is 24.3 Å². The van der Waals surface area contributed by atoms with E-state index in [0.717, 1.165) is 16.0 Å². The van der Waals surface area contributed by atoms with Gasteiger partial charge >= 0.3 is 0 Å². The van der Waals surface area contributed by atoms with Crippen LogP contribution in [0.5, 0.6) is 0 Å². The summed E-state index contributed by atoms with van der Waals surface area (Å²) in [5.74, 6) is -0.388. The quantitative estimate of drug-likeness (QED) is 0.492. The minimum atomic E-state index is -0.230. The van der Waals surface area contributed by atoms with E-state index >= 15 is 0 Å². The number of carbonyl (C=O) groups is 2. The molecular weight excluding hydrogens is 398 g/mol. The fourth-order valence-electron chi connectivity index (χ4n) is 3.39. The third-order valence-corrected chi connectivity index (χ3v) is 5.77. The molecule has 2 aromatic heterocycles. The van der Waals surface area contributed by atoms with E-state index < -0.39 is 0 Å². The standard InChI is InChI=1S/C23H19N3O3S/c1-14-20(17-6-4-3-5-7-17)21-22(30-14)24-13-26(23(21)29)12-19(28)16-8-10-18(11-9-16)25-15(2)27/h3-11,13H,12H2,1-2H3,(H,25,27). The van der Waals surface area contributed by atoms with Crippen LogP contribution in [0.15, 0.2) is 65.7 Å². The summed E-state index contributed by atoms with van der Waals surface area (Å²) in [6.07, 6.45) is 1.43. The monoisotopic (exact) mass is 417 g/mol. The summed E-state index contributed by atoms with van der Waals surface area (Å²) >= 11 is 1.47. The first kappa shape index (κ1) is 19.7. The van der Waals surface area contributed by atoms with Gasteiger partial charge in [0.15, 0.2) is 5.78 Å². The van der Waals surface area contributed by atoms with E-state index in [2.05, 4.69) is 10.3 Å². The number of hydrogen-bond donors (Lipinski definition) is 1. The minimum absolute atomic E-state index is 0.107. The van der Waals surface area contributed by atoms with Crippen molar-refractivity contribution in [1.82, 2.24) is 9.55 Å². The number of anilines is 1. The first-order valence-electron chi connectivity index (χ1n) is 9.39. The molecule has 0 aliphatic rings. The number of aryl methyl sites for hydroxylation is 1. The molecule has 6 nitrogen and oxygen atoms in total. The van der Waals surface area contributed by atoms with Gasteiger partial charge in [-0.05, 0) is 36.8 Å². The number of Topliss-reactive ketones (excluding diaryl/α,β-unsaturated/α-hetero) is 1. The molecule has 0 aliphatic heterocycles. The molecular formula is C23H19N3O3S. The Hall–Kier alpha value is -3.58. The van der Waals surface area contributed by atoms with Gasteiger partial charge in [-0.3, -0.25) is 19.0 Å². The van der Waals surface area contributed by atoms with Gasteiger partial charge in [-0.25, -0.2) is 4.98 Å². The smallest absolute Gasteiger partial charge is 0.263 e. The van der Waals surface area contributed by atoms with E-state index in [4.69, 9.17) is 0 Å². The van der Waals surface area contributed by atoms with Crippen LogP contribution < -0.4 is 10.9 Å². The van der Waals surface area contributed by atoms with Gasteiger partial charge in [-0.15, -0.1) is 11.3 Å². The Morgan fingerprint density at radius 3 is 2.43 bits per heavy atom. The highest BCUT2D eigenvalue weighted by Gasteiger charge is 2.18. The molecule has 0 saturated carbocycles. The lowest BCUT2D eigenvalue weighted by Gasteiger charge is -2.07. The number of nitrogens with one attached hydrogen (secondary N) is 1. The molecule has 0 atom stereocenters. The summed E-state index contributed by atoms with van der Waals surface area (Å²) in [6, 6.07) is 16.3. The number of aromatic nitrogens is 2. The van der Waals surface area contributed by atoms with Crippen LogP contribution in [0.25, 0.3) is 21.3 Å². The van der Waals surface area contributed by atoms with Crippen LogP contribution in [-0.4, -0.2) is 21.2 Å². The van der Waals surface area contributed by atoms with Gasteiger partial charge in [0.2, 0.25) is 5.91 Å². The average molecular weight is 417 g/mol. The van der Waals surface area contributed by atoms with E-state index in [1.165, 1.54) is 29.2 Å². The number of benzene rings is 2. The number of hydrogen-bond acceptors (Lipinski definition) is 5. The third kappa shape index (κ3) is 3.79. The maximum atomic E-state index is 13.2. The second kappa shape index (κ2) is 8.04. The van der Waals surface area contributed by atoms with Crippen LogP contribution in [-0.2, 0) is 11.3 Å². The fourth-order valence-corrected chi connectivity index (χ4v) is 4.39. The molecule has 0 bridgehead atoms. The highest BCUT2D eigenvalue weighted by molar-refractivity contribution is 7.19. The zero-order valence-electron chi connectivity index (χ0n) is 16.5. The highest BCUT2D eigenvalue weighted by atomic mass is 32.1. The molecule has 4 aromatic rings. The van der Waals surface area contributed by atoms with Crippen LogP contribution in [0.4, 0.5) is 5.69 Å². The maximum absolute atomic E-state index is 13.2. The molecule has 0 saturated heterocycles. The Morgan fingerprint density at radius 2 is 1.77 bits per heavy atom. The van der Waals surface area contributed by atoms with E-state index in [0.29, 0.717) is 21.5 Å². The van der Waals surface area contributed by atoms with Crippen molar-refractivity contribution < 1.29 is 9.59 Å². The summed E-state index contributed by atoms with van der Waals surface area (Å²) in [7, 11) is 0. The predicted octanol–water partition coefficient (Wildman–Crippen LogP) is 4.27. The second-order valence-corrected chi connectivity index (χ2v) is 8.14. The summed E-state index contributed by atoms with van der Waals surface area (Å²) in [5.41, 5.74) is 2.67. The van der Waals surface area contributed by atoms with Gasteiger partial charge in [0.1, 0.15) is 4.83 Å². The Bertz CT molecular complexity index is 1310. The summed E-state index contributed by atoms with van der Waals surface area (Å²) in [6.45, 7) is 3.29. The number of fused-ring (bicyclic) bond motifs is 1. The third-order valence-electron chi connectivity index (χ3n) is 4.76. The molecule has 0 aliphatic carbocycles. The van der Waals surface area contributed by atoms with Crippen molar-refractivity contribution in [3.63, 3.8) is 0 Å². The molecule has 1 amide bonds. The number of nitrogens with zero attached hydrogens (tertiary/aromatic N) is 2. The van der Waals surface area contributed by atoms with Gasteiger partial charge in [-0.2, -0.15) is 0 Å². The Balaban J connectivity index is 1.68. The normalized spacial score (nSPS) is 10.9. The molecule has 2 heterocycles. The topological polar surface area (TPSA) is 81.1 Å². The maximum Gasteiger partial charge on any atom is 0.263 e. The van der Waals surface area contributed by atoms with Crippen molar-refractivity contribution >= 4 is 38.9 Å². The van der Waals surface area contributed by atoms with Gasteiger partial charge in [0.05, 0.1) is 18.3 Å². The molecule has 1 N–H and O–H groups in total. The molecule has 0 radical (unpaired) electrons. The Labute approximate surface area is 176 Å². The summed E-state index contributed by atoms with van der Waals surface area (Å²) in [4.78, 5) is 43.2. The zero-order chi connectivity index (χ0) is 21.3.